The predicted octanol–water partition coefficient (Wildman–Crippen LogP) is 4.62. The second-order valence-electron chi connectivity index (χ2n) is 7.28. The van der Waals surface area contributed by atoms with Gasteiger partial charge in [-0.25, -0.2) is 4.79 Å². The molecule has 26 heavy (non-hydrogen) atoms. The molecule has 1 aliphatic heterocycles. The molecule has 1 N–H and O–H groups in total. The third kappa shape index (κ3) is 3.63. The van der Waals surface area contributed by atoms with Gasteiger partial charge in [0.05, 0.1) is 12.2 Å². The number of rotatable bonds is 4. The summed E-state index contributed by atoms with van der Waals surface area (Å²) in [5.74, 6) is -0.380. The first kappa shape index (κ1) is 18.9. The number of hydrogen-bond acceptors (Lipinski definition) is 4. The number of Topliss-reactive ketones (excluding diaryl/α,β-unsaturated/α-hetero) is 1. The van der Waals surface area contributed by atoms with Crippen LogP contribution in [-0.2, 0) is 14.3 Å². The van der Waals surface area contributed by atoms with Gasteiger partial charge in [-0.05, 0) is 37.3 Å². The lowest BCUT2D eigenvalue weighted by molar-refractivity contribution is -0.140. The quantitative estimate of drug-likeness (QED) is 0.726. The van der Waals surface area contributed by atoms with Gasteiger partial charge in [0, 0.05) is 33.8 Å². The largest absolute Gasteiger partial charge is 0.462 e. The van der Waals surface area contributed by atoms with Crippen LogP contribution in [0.3, 0.4) is 0 Å². The molecule has 1 atom stereocenters. The molecular weight excluding hydrogens is 394 g/mol. The van der Waals surface area contributed by atoms with Gasteiger partial charge in [0.1, 0.15) is 0 Å². The smallest absolute Gasteiger partial charge is 0.336 e. The Morgan fingerprint density at radius 1 is 1.31 bits per heavy atom. The van der Waals surface area contributed by atoms with Gasteiger partial charge < -0.3 is 10.1 Å². The van der Waals surface area contributed by atoms with Crippen LogP contribution >= 0.6 is 15.9 Å². The lowest BCUT2D eigenvalue weighted by Crippen LogP contribution is -2.34. The van der Waals surface area contributed by atoms with E-state index in [0.717, 1.165) is 34.3 Å². The number of esters is 1. The van der Waals surface area contributed by atoms with E-state index >= 15 is 0 Å². The fourth-order valence-electron chi connectivity index (χ4n) is 3.59. The van der Waals surface area contributed by atoms with E-state index in [9.17, 15) is 9.59 Å². The van der Waals surface area contributed by atoms with Crippen molar-refractivity contribution in [2.45, 2.75) is 46.0 Å². The van der Waals surface area contributed by atoms with Crippen LogP contribution in [0.5, 0.6) is 0 Å². The van der Waals surface area contributed by atoms with Gasteiger partial charge in [-0.1, -0.05) is 48.0 Å². The van der Waals surface area contributed by atoms with Gasteiger partial charge in [0.2, 0.25) is 0 Å². The van der Waals surface area contributed by atoms with Crippen molar-refractivity contribution in [1.29, 1.82) is 0 Å². The molecule has 1 heterocycles. The van der Waals surface area contributed by atoms with Gasteiger partial charge in [0.25, 0.3) is 0 Å². The van der Waals surface area contributed by atoms with Gasteiger partial charge in [-0.15, -0.1) is 0 Å². The SMILES string of the molecule is CC1=C(C(=O)OCC(C)C)[C@@H](c2ccccc2Br)C2=C(CCCC2=O)N1. The highest BCUT2D eigenvalue weighted by Crippen LogP contribution is 2.44. The zero-order valence-corrected chi connectivity index (χ0v) is 17.0. The van der Waals surface area contributed by atoms with Crippen LogP contribution in [0.4, 0.5) is 0 Å². The van der Waals surface area contributed by atoms with Crippen LogP contribution in [0.1, 0.15) is 51.5 Å². The summed E-state index contributed by atoms with van der Waals surface area (Å²) in [5.41, 5.74) is 3.89. The Morgan fingerprint density at radius 3 is 2.73 bits per heavy atom. The molecule has 138 valence electrons. The number of benzene rings is 1. The average Bonchev–Trinajstić information content (AvgIpc) is 2.59. The second kappa shape index (κ2) is 7.78. The molecule has 0 unspecified atom stereocenters. The molecule has 2 aliphatic rings. The van der Waals surface area contributed by atoms with E-state index in [1.807, 2.05) is 45.0 Å². The zero-order chi connectivity index (χ0) is 18.8. The summed E-state index contributed by atoms with van der Waals surface area (Å²) in [6.45, 7) is 6.26. The molecule has 0 radical (unpaired) electrons. The maximum atomic E-state index is 12.9. The molecule has 4 nitrogen and oxygen atoms in total. The van der Waals surface area contributed by atoms with E-state index in [2.05, 4.69) is 21.2 Å². The highest BCUT2D eigenvalue weighted by molar-refractivity contribution is 9.10. The van der Waals surface area contributed by atoms with Crippen molar-refractivity contribution in [3.63, 3.8) is 0 Å². The Kier molecular flexibility index (Phi) is 5.66. The Balaban J connectivity index is 2.10. The van der Waals surface area contributed by atoms with Gasteiger partial charge in [-0.3, -0.25) is 4.79 Å². The van der Waals surface area contributed by atoms with Gasteiger partial charge in [-0.2, -0.15) is 0 Å². The van der Waals surface area contributed by atoms with Crippen molar-refractivity contribution < 1.29 is 14.3 Å². The standard InChI is InChI=1S/C21H24BrNO3/c1-12(2)11-26-21(25)18-13(3)23-16-9-6-10-17(24)20(16)19(18)14-7-4-5-8-15(14)22/h4-5,7-8,12,19,23H,6,9-11H2,1-3H3/t19-/m1/s1. The van der Waals surface area contributed by atoms with Crippen molar-refractivity contribution in [3.05, 3.63) is 56.8 Å². The van der Waals surface area contributed by atoms with E-state index in [-0.39, 0.29) is 17.7 Å². The van der Waals surface area contributed by atoms with Crippen LogP contribution < -0.4 is 5.32 Å². The lowest BCUT2D eigenvalue weighted by atomic mass is 9.75. The van der Waals surface area contributed by atoms with E-state index in [1.165, 1.54) is 0 Å². The first-order valence-electron chi connectivity index (χ1n) is 9.05. The molecule has 5 heteroatoms. The van der Waals surface area contributed by atoms with Crippen LogP contribution in [0, 0.1) is 5.92 Å². The van der Waals surface area contributed by atoms with Crippen molar-refractivity contribution in [2.24, 2.45) is 5.92 Å². The number of halogens is 1. The van der Waals surface area contributed by atoms with Crippen LogP contribution in [0.2, 0.25) is 0 Å². The average molecular weight is 418 g/mol. The molecule has 1 aromatic rings. The van der Waals surface area contributed by atoms with Gasteiger partial charge in [0.15, 0.2) is 5.78 Å². The summed E-state index contributed by atoms with van der Waals surface area (Å²) in [5, 5.41) is 3.31. The van der Waals surface area contributed by atoms with E-state index in [0.29, 0.717) is 24.2 Å². The zero-order valence-electron chi connectivity index (χ0n) is 15.4. The molecule has 1 aromatic carbocycles. The number of ketones is 1. The number of ether oxygens (including phenoxy) is 1. The molecule has 0 aromatic heterocycles. The van der Waals surface area contributed by atoms with Crippen LogP contribution in [-0.4, -0.2) is 18.4 Å². The maximum Gasteiger partial charge on any atom is 0.336 e. The summed E-state index contributed by atoms with van der Waals surface area (Å²) in [4.78, 5) is 25.7. The second-order valence-corrected chi connectivity index (χ2v) is 8.13. The van der Waals surface area contributed by atoms with E-state index < -0.39 is 5.92 Å². The predicted molar refractivity (Wildman–Crippen MR) is 104 cm³/mol. The summed E-state index contributed by atoms with van der Waals surface area (Å²) in [7, 11) is 0. The number of allylic oxidation sites excluding steroid dienone is 3. The lowest BCUT2D eigenvalue weighted by Gasteiger charge is -2.34. The monoisotopic (exact) mass is 417 g/mol. The van der Waals surface area contributed by atoms with Crippen molar-refractivity contribution in [3.8, 4) is 0 Å². The molecule has 0 fully saturated rings. The number of carbonyl (C=O) groups excluding carboxylic acids is 2. The summed E-state index contributed by atoms with van der Waals surface area (Å²) < 4.78 is 6.42. The summed E-state index contributed by atoms with van der Waals surface area (Å²) >= 11 is 3.60. The Bertz CT molecular complexity index is 807. The first-order valence-corrected chi connectivity index (χ1v) is 9.85. The molecule has 1 aliphatic carbocycles. The summed E-state index contributed by atoms with van der Waals surface area (Å²) in [6.07, 6.45) is 2.19. The minimum absolute atomic E-state index is 0.112. The first-order chi connectivity index (χ1) is 12.4. The molecule has 0 saturated carbocycles. The molecule has 0 spiro atoms. The molecule has 0 bridgehead atoms. The number of dihydropyridines is 1. The fourth-order valence-corrected chi connectivity index (χ4v) is 4.11. The Hall–Kier alpha value is -1.88. The minimum Gasteiger partial charge on any atom is -0.462 e. The maximum absolute atomic E-state index is 12.9. The fraction of sp³-hybridized carbons (Fsp3) is 0.429. The van der Waals surface area contributed by atoms with Crippen molar-refractivity contribution >= 4 is 27.7 Å². The molecule has 3 rings (SSSR count). The third-order valence-corrected chi connectivity index (χ3v) is 5.48. The normalized spacial score (nSPS) is 20.2. The van der Waals surface area contributed by atoms with Gasteiger partial charge >= 0.3 is 5.97 Å². The third-order valence-electron chi connectivity index (χ3n) is 4.76. The highest BCUT2D eigenvalue weighted by Gasteiger charge is 2.39. The van der Waals surface area contributed by atoms with Crippen molar-refractivity contribution in [1.82, 2.24) is 5.32 Å². The Labute approximate surface area is 162 Å². The summed E-state index contributed by atoms with van der Waals surface area (Å²) in [6, 6.07) is 7.77. The topological polar surface area (TPSA) is 55.4 Å². The van der Waals surface area contributed by atoms with Crippen molar-refractivity contribution in [2.75, 3.05) is 6.61 Å². The number of carbonyl (C=O) groups is 2. The number of hydrogen-bond donors (Lipinski definition) is 1. The highest BCUT2D eigenvalue weighted by atomic mass is 79.9. The molecule has 0 saturated heterocycles. The molecule has 0 amide bonds. The van der Waals surface area contributed by atoms with Crippen LogP contribution in [0.25, 0.3) is 0 Å². The van der Waals surface area contributed by atoms with E-state index in [4.69, 9.17) is 4.74 Å². The Morgan fingerprint density at radius 2 is 2.04 bits per heavy atom. The van der Waals surface area contributed by atoms with E-state index in [1.54, 1.807) is 0 Å². The van der Waals surface area contributed by atoms with Crippen LogP contribution in [0.15, 0.2) is 51.3 Å². The molecular formula is C21H24BrNO3. The minimum atomic E-state index is -0.394. The number of nitrogens with one attached hydrogen (secondary N) is 1.